The van der Waals surface area contributed by atoms with E-state index >= 15 is 0 Å². The van der Waals surface area contributed by atoms with E-state index < -0.39 is 0 Å². The molecule has 1 heteroatoms. The number of hydrogen-bond donors (Lipinski definition) is 0. The average molecular weight is 493 g/mol. The molecule has 0 bridgehead atoms. The van der Waals surface area contributed by atoms with Gasteiger partial charge >= 0.3 is 0 Å². The van der Waals surface area contributed by atoms with E-state index in [0.717, 1.165) is 6.42 Å². The maximum atomic E-state index is 2.57. The van der Waals surface area contributed by atoms with E-state index in [0.29, 0.717) is 0 Å². The van der Waals surface area contributed by atoms with Crippen LogP contribution >= 0.6 is 11.3 Å². The Hall–Kier alpha value is -3.68. The fraction of sp³-hybridized carbons (Fsp3) is 0.167. The van der Waals surface area contributed by atoms with E-state index in [1.54, 1.807) is 0 Å². The number of fused-ring (bicyclic) bond motifs is 9. The molecule has 37 heavy (non-hydrogen) atoms. The topological polar surface area (TPSA) is 0 Å². The molecule has 0 radical (unpaired) electrons. The first kappa shape index (κ1) is 21.4. The summed E-state index contributed by atoms with van der Waals surface area (Å²) in [6.07, 6.45) is 0.987. The highest BCUT2D eigenvalue weighted by Gasteiger charge is 2.43. The molecule has 1 aromatic heterocycles. The first-order chi connectivity index (χ1) is 18.0. The predicted molar refractivity (Wildman–Crippen MR) is 159 cm³/mol. The largest absolute Gasteiger partial charge is 0.135 e. The summed E-state index contributed by atoms with van der Waals surface area (Å²) >= 11 is 1.91. The maximum absolute atomic E-state index is 2.57. The van der Waals surface area contributed by atoms with Crippen molar-refractivity contribution in [1.82, 2.24) is 0 Å². The maximum Gasteiger partial charge on any atom is 0.0358 e. The molecule has 0 saturated heterocycles. The van der Waals surface area contributed by atoms with Gasteiger partial charge in [-0.25, -0.2) is 0 Å². The smallest absolute Gasteiger partial charge is 0.0358 e. The normalized spacial score (nSPS) is 18.6. The lowest BCUT2D eigenvalue weighted by Crippen LogP contribution is -2.25. The van der Waals surface area contributed by atoms with Crippen molar-refractivity contribution in [3.05, 3.63) is 131 Å². The third kappa shape index (κ3) is 2.73. The SMILES string of the molecule is CC1(C)c2ccccc2-c2cc3c(cc21)C(C)(Cc1cccc2sc4ccccc4c12)c1ccccc1-3. The second-order valence-corrected chi connectivity index (χ2v) is 12.6. The van der Waals surface area contributed by atoms with E-state index in [1.165, 1.54) is 70.2 Å². The molecule has 1 unspecified atom stereocenters. The Morgan fingerprint density at radius 2 is 1.19 bits per heavy atom. The van der Waals surface area contributed by atoms with Gasteiger partial charge in [0.15, 0.2) is 0 Å². The molecule has 0 saturated carbocycles. The van der Waals surface area contributed by atoms with Gasteiger partial charge in [-0.05, 0) is 74.7 Å². The van der Waals surface area contributed by atoms with Crippen molar-refractivity contribution in [2.75, 3.05) is 0 Å². The van der Waals surface area contributed by atoms with E-state index in [9.17, 15) is 0 Å². The van der Waals surface area contributed by atoms with Crippen LogP contribution < -0.4 is 0 Å². The van der Waals surface area contributed by atoms with E-state index in [1.807, 2.05) is 11.3 Å². The fourth-order valence-corrected chi connectivity index (χ4v) is 8.49. The third-order valence-corrected chi connectivity index (χ3v) is 10.3. The zero-order chi connectivity index (χ0) is 24.9. The molecule has 1 atom stereocenters. The van der Waals surface area contributed by atoms with Crippen molar-refractivity contribution >= 4 is 31.5 Å². The molecule has 6 aromatic rings. The Bertz CT molecular complexity index is 1900. The molecular weight excluding hydrogens is 464 g/mol. The highest BCUT2D eigenvalue weighted by atomic mass is 32.1. The van der Waals surface area contributed by atoms with Crippen molar-refractivity contribution in [1.29, 1.82) is 0 Å². The second kappa shape index (κ2) is 7.21. The Labute approximate surface area is 222 Å². The molecule has 0 amide bonds. The highest BCUT2D eigenvalue weighted by molar-refractivity contribution is 7.25. The zero-order valence-corrected chi connectivity index (χ0v) is 22.2. The summed E-state index contributed by atoms with van der Waals surface area (Å²) in [5.74, 6) is 0. The fourth-order valence-electron chi connectivity index (χ4n) is 7.34. The minimum atomic E-state index is -0.0941. The van der Waals surface area contributed by atoms with Gasteiger partial charge < -0.3 is 0 Å². The van der Waals surface area contributed by atoms with Gasteiger partial charge in [-0.2, -0.15) is 0 Å². The monoisotopic (exact) mass is 492 g/mol. The van der Waals surface area contributed by atoms with E-state index in [-0.39, 0.29) is 10.8 Å². The molecule has 0 fully saturated rings. The second-order valence-electron chi connectivity index (χ2n) is 11.6. The van der Waals surface area contributed by atoms with Crippen LogP contribution in [0, 0.1) is 0 Å². The van der Waals surface area contributed by atoms with Crippen LogP contribution in [-0.2, 0) is 17.3 Å². The molecule has 8 rings (SSSR count). The van der Waals surface area contributed by atoms with Crippen molar-refractivity contribution < 1.29 is 0 Å². The van der Waals surface area contributed by atoms with Crippen molar-refractivity contribution in [2.45, 2.75) is 38.0 Å². The van der Waals surface area contributed by atoms with Gasteiger partial charge in [-0.3, -0.25) is 0 Å². The van der Waals surface area contributed by atoms with Crippen LogP contribution in [0.4, 0.5) is 0 Å². The first-order valence-electron chi connectivity index (χ1n) is 13.2. The zero-order valence-electron chi connectivity index (χ0n) is 21.4. The van der Waals surface area contributed by atoms with Gasteiger partial charge in [0.2, 0.25) is 0 Å². The Kier molecular flexibility index (Phi) is 4.17. The van der Waals surface area contributed by atoms with Crippen LogP contribution in [0.3, 0.4) is 0 Å². The molecule has 0 spiro atoms. The van der Waals surface area contributed by atoms with Crippen LogP contribution in [0.25, 0.3) is 42.4 Å². The average Bonchev–Trinajstić information content (AvgIpc) is 3.49. The number of thiophene rings is 1. The molecule has 2 aliphatic carbocycles. The lowest BCUT2D eigenvalue weighted by molar-refractivity contribution is 0.581. The van der Waals surface area contributed by atoms with Gasteiger partial charge in [0.25, 0.3) is 0 Å². The summed E-state index contributed by atoms with van der Waals surface area (Å²) in [5.41, 5.74) is 12.8. The number of rotatable bonds is 2. The van der Waals surface area contributed by atoms with E-state index in [2.05, 4.69) is 124 Å². The van der Waals surface area contributed by atoms with Gasteiger partial charge in [0, 0.05) is 31.0 Å². The lowest BCUT2D eigenvalue weighted by Gasteiger charge is -2.30. The van der Waals surface area contributed by atoms with Crippen molar-refractivity contribution in [2.24, 2.45) is 0 Å². The molecular formula is C36H28S. The van der Waals surface area contributed by atoms with Gasteiger partial charge in [0.05, 0.1) is 0 Å². The summed E-state index contributed by atoms with van der Waals surface area (Å²) in [6, 6.07) is 39.0. The van der Waals surface area contributed by atoms with Crippen LogP contribution in [-0.4, -0.2) is 0 Å². The summed E-state index contributed by atoms with van der Waals surface area (Å²) in [4.78, 5) is 0. The number of hydrogen-bond acceptors (Lipinski definition) is 1. The summed E-state index contributed by atoms with van der Waals surface area (Å²) < 4.78 is 2.76. The predicted octanol–water partition coefficient (Wildman–Crippen LogP) is 9.89. The molecule has 1 heterocycles. The summed E-state index contributed by atoms with van der Waals surface area (Å²) in [6.45, 7) is 7.26. The Balaban J connectivity index is 1.38. The van der Waals surface area contributed by atoms with E-state index in [4.69, 9.17) is 0 Å². The van der Waals surface area contributed by atoms with Crippen LogP contribution in [0.2, 0.25) is 0 Å². The molecule has 0 N–H and O–H groups in total. The van der Waals surface area contributed by atoms with Gasteiger partial charge in [-0.1, -0.05) is 106 Å². The molecule has 0 nitrogen and oxygen atoms in total. The molecule has 178 valence electrons. The Morgan fingerprint density at radius 3 is 2.03 bits per heavy atom. The van der Waals surface area contributed by atoms with Crippen LogP contribution in [0.1, 0.15) is 48.6 Å². The van der Waals surface area contributed by atoms with Crippen molar-refractivity contribution in [3.8, 4) is 22.3 Å². The molecule has 0 aliphatic heterocycles. The van der Waals surface area contributed by atoms with Gasteiger partial charge in [-0.15, -0.1) is 11.3 Å². The quantitative estimate of drug-likeness (QED) is 0.226. The van der Waals surface area contributed by atoms with Crippen LogP contribution in [0.5, 0.6) is 0 Å². The van der Waals surface area contributed by atoms with Crippen LogP contribution in [0.15, 0.2) is 103 Å². The minimum Gasteiger partial charge on any atom is -0.135 e. The molecule has 2 aliphatic rings. The summed E-state index contributed by atoms with van der Waals surface area (Å²) in [5, 5.41) is 2.82. The Morgan fingerprint density at radius 1 is 0.541 bits per heavy atom. The lowest BCUT2D eigenvalue weighted by atomic mass is 9.73. The number of benzene rings is 5. The van der Waals surface area contributed by atoms with Gasteiger partial charge in [0.1, 0.15) is 0 Å². The van der Waals surface area contributed by atoms with Crippen molar-refractivity contribution in [3.63, 3.8) is 0 Å². The molecule has 5 aromatic carbocycles. The first-order valence-corrected chi connectivity index (χ1v) is 14.1. The standard InChI is InChI=1S/C36H28S/c1-35(2)28-15-7-4-12-23(28)26-19-27-24-13-5-8-16-29(24)36(3,31(27)20-30(26)35)21-22-11-10-18-33-34(22)25-14-6-9-17-32(25)37-33/h4-20H,21H2,1-3H3. The summed E-state index contributed by atoms with van der Waals surface area (Å²) in [7, 11) is 0. The minimum absolute atomic E-state index is 0.000213. The highest BCUT2D eigenvalue weighted by Crippen LogP contribution is 2.57. The third-order valence-electron chi connectivity index (χ3n) is 9.16.